The van der Waals surface area contributed by atoms with Gasteiger partial charge < -0.3 is 28.1 Å². The van der Waals surface area contributed by atoms with Crippen LogP contribution in [0.2, 0.25) is 5.02 Å². The molecule has 8 nitrogen and oxygen atoms in total. The van der Waals surface area contributed by atoms with Crippen LogP contribution in [0.4, 0.5) is 4.39 Å². The zero-order chi connectivity index (χ0) is 33.4. The van der Waals surface area contributed by atoms with E-state index in [0.717, 1.165) is 79.9 Å². The fourth-order valence-electron chi connectivity index (χ4n) is 7.32. The lowest BCUT2D eigenvalue weighted by atomic mass is 9.79. The van der Waals surface area contributed by atoms with Crippen molar-refractivity contribution in [1.82, 2.24) is 14.5 Å². The third-order valence-electron chi connectivity index (χ3n) is 11.0. The molecule has 3 saturated heterocycles. The molecule has 11 heteroatoms. The number of aromatic nitrogens is 2. The first kappa shape index (κ1) is 32.1. The van der Waals surface area contributed by atoms with Gasteiger partial charge in [0.25, 0.3) is 5.79 Å². The number of halogens is 2. The highest BCUT2D eigenvalue weighted by Gasteiger charge is 2.52. The van der Waals surface area contributed by atoms with Crippen molar-refractivity contribution in [3.63, 3.8) is 0 Å². The van der Waals surface area contributed by atoms with Crippen LogP contribution in [0, 0.1) is 5.82 Å². The largest absolute Gasteiger partial charge is 0.494 e. The van der Waals surface area contributed by atoms with E-state index in [1.807, 2.05) is 12.1 Å². The number of hydrogen-bond donors (Lipinski definition) is 0. The highest BCUT2D eigenvalue weighted by atomic mass is 35.5. The Morgan fingerprint density at radius 1 is 0.938 bits per heavy atom. The van der Waals surface area contributed by atoms with Gasteiger partial charge in [-0.2, -0.15) is 0 Å². The Morgan fingerprint density at radius 2 is 1.69 bits per heavy atom. The predicted molar refractivity (Wildman–Crippen MR) is 184 cm³/mol. The van der Waals surface area contributed by atoms with Gasteiger partial charge >= 0.3 is 7.12 Å². The van der Waals surface area contributed by atoms with E-state index in [1.165, 1.54) is 6.07 Å². The minimum Gasteiger partial charge on any atom is -0.444 e. The van der Waals surface area contributed by atoms with Gasteiger partial charge in [0.15, 0.2) is 11.5 Å². The fourth-order valence-corrected chi connectivity index (χ4v) is 7.48. The van der Waals surface area contributed by atoms with E-state index < -0.39 is 29.9 Å². The van der Waals surface area contributed by atoms with Crippen molar-refractivity contribution in [2.24, 2.45) is 0 Å². The lowest BCUT2D eigenvalue weighted by Crippen LogP contribution is -2.41. The molecule has 48 heavy (non-hydrogen) atoms. The lowest BCUT2D eigenvalue weighted by molar-refractivity contribution is -0.0712. The number of hydrogen-bond acceptors (Lipinski definition) is 7. The summed E-state index contributed by atoms with van der Waals surface area (Å²) in [6, 6.07) is 17.0. The summed E-state index contributed by atoms with van der Waals surface area (Å²) in [6.07, 6.45) is 3.20. The molecule has 4 aromatic rings. The van der Waals surface area contributed by atoms with Crippen molar-refractivity contribution < 1.29 is 27.9 Å². The summed E-state index contributed by atoms with van der Waals surface area (Å²) in [5.41, 5.74) is 3.65. The summed E-state index contributed by atoms with van der Waals surface area (Å²) in [5.74, 6) is 0.961. The van der Waals surface area contributed by atoms with Crippen LogP contribution >= 0.6 is 11.6 Å². The van der Waals surface area contributed by atoms with Gasteiger partial charge in [-0.3, -0.25) is 4.90 Å². The van der Waals surface area contributed by atoms with Crippen LogP contribution in [-0.4, -0.2) is 58.6 Å². The minimum absolute atomic E-state index is 0.212. The molecular formula is C37H42BClFN3O5. The summed E-state index contributed by atoms with van der Waals surface area (Å²) in [7, 11) is -0.432. The molecule has 4 aliphatic heterocycles. The molecule has 2 atom stereocenters. The Kier molecular flexibility index (Phi) is 7.84. The van der Waals surface area contributed by atoms with Crippen molar-refractivity contribution in [1.29, 1.82) is 0 Å². The molecule has 0 saturated carbocycles. The molecule has 0 amide bonds. The maximum atomic E-state index is 14.9. The number of rotatable bonds is 7. The van der Waals surface area contributed by atoms with E-state index in [0.29, 0.717) is 28.0 Å². The third-order valence-corrected chi connectivity index (χ3v) is 11.2. The monoisotopic (exact) mass is 673 g/mol. The second kappa shape index (κ2) is 11.7. The van der Waals surface area contributed by atoms with Crippen molar-refractivity contribution in [2.45, 2.75) is 96.0 Å². The SMILES string of the molecule is CC1(c2ccc(Cl)cc2F)Oc2cccc(C3CCN(Cc4nc5cc(B6OC(C)(C)C(C)(C)O6)ccc5n4C[C@@H]4CCO4)CC3)c2O1. The maximum absolute atomic E-state index is 14.9. The number of imidazole rings is 1. The van der Waals surface area contributed by atoms with E-state index in [4.69, 9.17) is 40.1 Å². The van der Waals surface area contributed by atoms with Crippen molar-refractivity contribution in [2.75, 3.05) is 19.7 Å². The summed E-state index contributed by atoms with van der Waals surface area (Å²) in [6.45, 7) is 14.2. The molecule has 1 aromatic heterocycles. The molecule has 5 heterocycles. The zero-order valence-electron chi connectivity index (χ0n) is 28.2. The summed E-state index contributed by atoms with van der Waals surface area (Å²) in [5, 5.41) is 0.334. The lowest BCUT2D eigenvalue weighted by Gasteiger charge is -2.33. The molecule has 8 rings (SSSR count). The number of likely N-dealkylation sites (tertiary alicyclic amines) is 1. The third kappa shape index (κ3) is 5.59. The Morgan fingerprint density at radius 3 is 2.38 bits per heavy atom. The standard InChI is InChI=1S/C37H42BClFN3O5/c1-35(2)36(3,4)48-38(47-35)24-9-12-31-30(19-24)41-33(43(31)21-26-15-18-44-26)22-42-16-13-23(14-17-42)27-7-6-8-32-34(27)46-37(5,45-32)28-11-10-25(39)20-29(28)40/h6-12,19-20,23,26H,13-18,21-22H2,1-5H3/t26-,37?/m0/s1. The van der Waals surface area contributed by atoms with E-state index in [9.17, 15) is 4.39 Å². The van der Waals surface area contributed by atoms with Gasteiger partial charge in [-0.25, -0.2) is 9.37 Å². The van der Waals surface area contributed by atoms with E-state index in [-0.39, 0.29) is 6.10 Å². The zero-order valence-corrected chi connectivity index (χ0v) is 29.0. The van der Waals surface area contributed by atoms with Crippen molar-refractivity contribution in [3.05, 3.63) is 82.4 Å². The number of ether oxygens (including phenoxy) is 3. The Bertz CT molecular complexity index is 1860. The second-order valence-corrected chi connectivity index (χ2v) is 15.2. The van der Waals surface area contributed by atoms with Gasteiger partial charge in [-0.15, -0.1) is 0 Å². The van der Waals surface area contributed by atoms with Crippen molar-refractivity contribution >= 4 is 35.2 Å². The normalized spacial score (nSPS) is 25.1. The Hall–Kier alpha value is -3.15. The number of para-hydroxylation sites is 1. The first-order valence-corrected chi connectivity index (χ1v) is 17.4. The Labute approximate surface area is 286 Å². The summed E-state index contributed by atoms with van der Waals surface area (Å²) >= 11 is 6.01. The van der Waals surface area contributed by atoms with E-state index in [2.05, 4.69) is 61.4 Å². The van der Waals surface area contributed by atoms with Crippen molar-refractivity contribution in [3.8, 4) is 11.5 Å². The first-order valence-electron chi connectivity index (χ1n) is 17.0. The number of fused-ring (bicyclic) bond motifs is 2. The topological polar surface area (TPSA) is 67.2 Å². The first-order chi connectivity index (χ1) is 22.9. The van der Waals surface area contributed by atoms with Gasteiger partial charge in [-0.05, 0) is 108 Å². The van der Waals surface area contributed by atoms with Gasteiger partial charge in [0.05, 0.1) is 47.0 Å². The van der Waals surface area contributed by atoms with E-state index >= 15 is 0 Å². The van der Waals surface area contributed by atoms with Crippen LogP contribution in [0.25, 0.3) is 11.0 Å². The van der Waals surface area contributed by atoms with Gasteiger partial charge in [0.2, 0.25) is 0 Å². The van der Waals surface area contributed by atoms with Crippen LogP contribution in [0.1, 0.15) is 76.8 Å². The molecule has 1 unspecified atom stereocenters. The average Bonchev–Trinajstić information content (AvgIpc) is 3.61. The molecule has 3 aromatic carbocycles. The Balaban J connectivity index is 0.991. The average molecular weight is 674 g/mol. The van der Waals surface area contributed by atoms with Crippen LogP contribution in [0.15, 0.2) is 54.6 Å². The summed E-state index contributed by atoms with van der Waals surface area (Å²) < 4.78 is 48.4. The fraction of sp³-hybridized carbons (Fsp3) is 0.486. The van der Waals surface area contributed by atoms with Gasteiger partial charge in [0.1, 0.15) is 11.6 Å². The quantitative estimate of drug-likeness (QED) is 0.197. The van der Waals surface area contributed by atoms with Crippen LogP contribution in [0.3, 0.4) is 0 Å². The summed E-state index contributed by atoms with van der Waals surface area (Å²) in [4.78, 5) is 7.67. The van der Waals surface area contributed by atoms with Gasteiger partial charge in [-0.1, -0.05) is 29.8 Å². The minimum atomic E-state index is -1.26. The molecule has 0 radical (unpaired) electrons. The molecule has 0 bridgehead atoms. The molecular weight excluding hydrogens is 632 g/mol. The predicted octanol–water partition coefficient (Wildman–Crippen LogP) is 6.94. The highest BCUT2D eigenvalue weighted by molar-refractivity contribution is 6.62. The number of piperidine rings is 1. The molecule has 0 N–H and O–H groups in total. The van der Waals surface area contributed by atoms with Gasteiger partial charge in [0, 0.05) is 24.1 Å². The molecule has 3 fully saturated rings. The van der Waals surface area contributed by atoms with Crippen LogP contribution in [0.5, 0.6) is 11.5 Å². The molecule has 0 spiro atoms. The van der Waals surface area contributed by atoms with E-state index in [1.54, 1.807) is 19.1 Å². The molecule has 4 aliphatic rings. The number of benzene rings is 3. The second-order valence-electron chi connectivity index (χ2n) is 14.8. The van der Waals surface area contributed by atoms with Crippen LogP contribution in [-0.2, 0) is 32.9 Å². The molecule has 0 aliphatic carbocycles. The number of nitrogens with zero attached hydrogens (tertiary/aromatic N) is 3. The van der Waals surface area contributed by atoms with Crippen LogP contribution < -0.4 is 14.9 Å². The highest BCUT2D eigenvalue weighted by Crippen LogP contribution is 2.50. The molecule has 252 valence electrons. The maximum Gasteiger partial charge on any atom is 0.494 e. The smallest absolute Gasteiger partial charge is 0.444 e.